The lowest BCUT2D eigenvalue weighted by molar-refractivity contribution is 0.0924. The van der Waals surface area contributed by atoms with Crippen LogP contribution in [0.5, 0.6) is 0 Å². The standard InChI is InChI=1S/C11H16ClN3O2/c1-3-8(4-5-16)15-11(17)10-9(12)6-13-7(2)14-10/h6,8,16H,3-5H2,1-2H3,(H,15,17). The second-order valence-electron chi connectivity index (χ2n) is 3.70. The van der Waals surface area contributed by atoms with Crippen molar-refractivity contribution in [1.29, 1.82) is 0 Å². The molecule has 0 saturated carbocycles. The van der Waals surface area contributed by atoms with Crippen molar-refractivity contribution < 1.29 is 9.90 Å². The first kappa shape index (κ1) is 13.9. The zero-order valence-electron chi connectivity index (χ0n) is 9.90. The average Bonchev–Trinajstić information content (AvgIpc) is 2.31. The Balaban J connectivity index is 2.78. The van der Waals surface area contributed by atoms with Crippen LogP contribution in [0.15, 0.2) is 6.20 Å². The molecule has 2 N–H and O–H groups in total. The summed E-state index contributed by atoms with van der Waals surface area (Å²) >= 11 is 5.86. The van der Waals surface area contributed by atoms with Crippen molar-refractivity contribution in [2.75, 3.05) is 6.61 Å². The zero-order chi connectivity index (χ0) is 12.8. The fraction of sp³-hybridized carbons (Fsp3) is 0.545. The van der Waals surface area contributed by atoms with Crippen LogP contribution < -0.4 is 5.32 Å². The Morgan fingerprint density at radius 1 is 1.65 bits per heavy atom. The SMILES string of the molecule is CCC(CCO)NC(=O)c1nc(C)ncc1Cl. The summed E-state index contributed by atoms with van der Waals surface area (Å²) in [4.78, 5) is 19.8. The van der Waals surface area contributed by atoms with Gasteiger partial charge in [-0.15, -0.1) is 0 Å². The zero-order valence-corrected chi connectivity index (χ0v) is 10.7. The van der Waals surface area contributed by atoms with E-state index in [9.17, 15) is 4.79 Å². The molecule has 0 spiro atoms. The molecule has 0 radical (unpaired) electrons. The number of nitrogens with zero attached hydrogens (tertiary/aromatic N) is 2. The van der Waals surface area contributed by atoms with Crippen LogP contribution in [0, 0.1) is 6.92 Å². The molecule has 0 aliphatic carbocycles. The largest absolute Gasteiger partial charge is 0.396 e. The minimum atomic E-state index is -0.333. The van der Waals surface area contributed by atoms with Crippen molar-refractivity contribution in [3.63, 3.8) is 0 Å². The Hall–Kier alpha value is -1.20. The van der Waals surface area contributed by atoms with Gasteiger partial charge in [-0.05, 0) is 19.8 Å². The number of hydrogen-bond acceptors (Lipinski definition) is 4. The molecule has 17 heavy (non-hydrogen) atoms. The number of halogens is 1. The predicted octanol–water partition coefficient (Wildman–Crippen LogP) is 1.33. The molecule has 0 aromatic carbocycles. The van der Waals surface area contributed by atoms with Crippen LogP contribution in [0.2, 0.25) is 5.02 Å². The van der Waals surface area contributed by atoms with Crippen LogP contribution in [0.25, 0.3) is 0 Å². The van der Waals surface area contributed by atoms with Crippen LogP contribution in [0.1, 0.15) is 36.1 Å². The Morgan fingerprint density at radius 3 is 2.94 bits per heavy atom. The Morgan fingerprint density at radius 2 is 2.35 bits per heavy atom. The summed E-state index contributed by atoms with van der Waals surface area (Å²) in [5.41, 5.74) is 0.176. The Labute approximate surface area is 105 Å². The van der Waals surface area contributed by atoms with Crippen molar-refractivity contribution in [2.24, 2.45) is 0 Å². The van der Waals surface area contributed by atoms with Gasteiger partial charge in [0.25, 0.3) is 5.91 Å². The van der Waals surface area contributed by atoms with E-state index in [1.54, 1.807) is 6.92 Å². The molecule has 94 valence electrons. The molecule has 0 aliphatic heterocycles. The van der Waals surface area contributed by atoms with Crippen molar-refractivity contribution in [2.45, 2.75) is 32.7 Å². The Kier molecular flexibility index (Phi) is 5.31. The van der Waals surface area contributed by atoms with Gasteiger partial charge < -0.3 is 10.4 Å². The highest BCUT2D eigenvalue weighted by atomic mass is 35.5. The number of hydrogen-bond donors (Lipinski definition) is 2. The second kappa shape index (κ2) is 6.51. The summed E-state index contributed by atoms with van der Waals surface area (Å²) in [6.07, 6.45) is 2.67. The van der Waals surface area contributed by atoms with Crippen molar-refractivity contribution in [1.82, 2.24) is 15.3 Å². The molecule has 0 aliphatic rings. The van der Waals surface area contributed by atoms with E-state index in [0.717, 1.165) is 6.42 Å². The lowest BCUT2D eigenvalue weighted by Crippen LogP contribution is -2.35. The smallest absolute Gasteiger partial charge is 0.271 e. The van der Waals surface area contributed by atoms with Crippen LogP contribution >= 0.6 is 11.6 Å². The minimum absolute atomic E-state index is 0.0370. The topological polar surface area (TPSA) is 75.1 Å². The van der Waals surface area contributed by atoms with Gasteiger partial charge in [-0.1, -0.05) is 18.5 Å². The summed E-state index contributed by atoms with van der Waals surface area (Å²) in [7, 11) is 0. The molecular formula is C11H16ClN3O2. The van der Waals surface area contributed by atoms with Gasteiger partial charge in [0.05, 0.1) is 11.2 Å². The third-order valence-corrected chi connectivity index (χ3v) is 2.66. The van der Waals surface area contributed by atoms with E-state index in [1.807, 2.05) is 6.92 Å². The molecule has 6 heteroatoms. The fourth-order valence-corrected chi connectivity index (χ4v) is 1.58. The first-order valence-corrected chi connectivity index (χ1v) is 5.87. The highest BCUT2D eigenvalue weighted by Crippen LogP contribution is 2.12. The lowest BCUT2D eigenvalue weighted by atomic mass is 10.1. The van der Waals surface area contributed by atoms with E-state index in [-0.39, 0.29) is 29.3 Å². The molecule has 0 saturated heterocycles. The summed E-state index contributed by atoms with van der Waals surface area (Å²) in [6.45, 7) is 3.67. The monoisotopic (exact) mass is 257 g/mol. The lowest BCUT2D eigenvalue weighted by Gasteiger charge is -2.15. The third-order valence-electron chi connectivity index (χ3n) is 2.39. The van der Waals surface area contributed by atoms with Crippen molar-refractivity contribution in [3.05, 3.63) is 22.7 Å². The summed E-state index contributed by atoms with van der Waals surface area (Å²) in [5.74, 6) is 0.163. The van der Waals surface area contributed by atoms with Gasteiger partial charge in [0.15, 0.2) is 0 Å². The van der Waals surface area contributed by atoms with Crippen molar-refractivity contribution >= 4 is 17.5 Å². The normalized spacial score (nSPS) is 12.2. The van der Waals surface area contributed by atoms with E-state index >= 15 is 0 Å². The predicted molar refractivity (Wildman–Crippen MR) is 65.0 cm³/mol. The number of aliphatic hydroxyl groups excluding tert-OH is 1. The Bertz CT molecular complexity index is 398. The number of amides is 1. The highest BCUT2D eigenvalue weighted by molar-refractivity contribution is 6.33. The van der Waals surface area contributed by atoms with Gasteiger partial charge in [0, 0.05) is 12.6 Å². The van der Waals surface area contributed by atoms with E-state index in [4.69, 9.17) is 16.7 Å². The first-order chi connectivity index (χ1) is 8.08. The van der Waals surface area contributed by atoms with Gasteiger partial charge in [-0.2, -0.15) is 0 Å². The molecule has 5 nitrogen and oxygen atoms in total. The van der Waals surface area contributed by atoms with Gasteiger partial charge in [0.2, 0.25) is 0 Å². The summed E-state index contributed by atoms with van der Waals surface area (Å²) in [6, 6.07) is -0.0705. The molecule has 1 atom stereocenters. The number of nitrogens with one attached hydrogen (secondary N) is 1. The molecule has 1 aromatic heterocycles. The van der Waals surface area contributed by atoms with E-state index < -0.39 is 0 Å². The molecule has 1 heterocycles. The number of rotatable bonds is 5. The number of aliphatic hydroxyl groups is 1. The maximum absolute atomic E-state index is 11.9. The van der Waals surface area contributed by atoms with E-state index in [0.29, 0.717) is 12.2 Å². The quantitative estimate of drug-likeness (QED) is 0.835. The van der Waals surface area contributed by atoms with Gasteiger partial charge in [0.1, 0.15) is 11.5 Å². The number of carbonyl (C=O) groups is 1. The van der Waals surface area contributed by atoms with Crippen LogP contribution in [0.3, 0.4) is 0 Å². The average molecular weight is 258 g/mol. The molecule has 1 rings (SSSR count). The molecule has 1 unspecified atom stereocenters. The summed E-state index contributed by atoms with van der Waals surface area (Å²) < 4.78 is 0. The van der Waals surface area contributed by atoms with Crippen molar-refractivity contribution in [3.8, 4) is 0 Å². The molecular weight excluding hydrogens is 242 g/mol. The minimum Gasteiger partial charge on any atom is -0.396 e. The molecule has 0 bridgehead atoms. The maximum atomic E-state index is 11.9. The fourth-order valence-electron chi connectivity index (χ4n) is 1.40. The molecule has 1 aromatic rings. The number of carbonyl (C=O) groups excluding carboxylic acids is 1. The van der Waals surface area contributed by atoms with Gasteiger partial charge in [-0.3, -0.25) is 4.79 Å². The third kappa shape index (κ3) is 3.94. The molecule has 1 amide bonds. The van der Waals surface area contributed by atoms with Gasteiger partial charge in [-0.25, -0.2) is 9.97 Å². The first-order valence-electron chi connectivity index (χ1n) is 5.49. The number of aromatic nitrogens is 2. The van der Waals surface area contributed by atoms with Gasteiger partial charge >= 0.3 is 0 Å². The second-order valence-corrected chi connectivity index (χ2v) is 4.11. The number of aryl methyl sites for hydroxylation is 1. The van der Waals surface area contributed by atoms with Crippen LogP contribution in [-0.2, 0) is 0 Å². The highest BCUT2D eigenvalue weighted by Gasteiger charge is 2.16. The van der Waals surface area contributed by atoms with E-state index in [2.05, 4.69) is 15.3 Å². The van der Waals surface area contributed by atoms with Crippen LogP contribution in [0.4, 0.5) is 0 Å². The van der Waals surface area contributed by atoms with E-state index in [1.165, 1.54) is 6.20 Å². The summed E-state index contributed by atoms with van der Waals surface area (Å²) in [5, 5.41) is 11.9. The maximum Gasteiger partial charge on any atom is 0.271 e. The van der Waals surface area contributed by atoms with Crippen LogP contribution in [-0.4, -0.2) is 33.6 Å². The molecule has 0 fully saturated rings.